The molecule has 8 heteroatoms. The maximum atomic E-state index is 13.6. The zero-order valence-corrected chi connectivity index (χ0v) is 20.9. The second-order valence-corrected chi connectivity index (χ2v) is 9.34. The molecule has 1 aromatic carbocycles. The van der Waals surface area contributed by atoms with E-state index in [0.29, 0.717) is 24.3 Å². The second kappa shape index (κ2) is 11.3. The Kier molecular flexibility index (Phi) is 7.95. The van der Waals surface area contributed by atoms with Crippen LogP contribution in [0.25, 0.3) is 11.1 Å². The highest BCUT2D eigenvalue weighted by molar-refractivity contribution is 5.98. The number of carbonyl (C=O) groups is 2. The zero-order valence-electron chi connectivity index (χ0n) is 20.9. The van der Waals surface area contributed by atoms with Gasteiger partial charge in [0.1, 0.15) is 11.7 Å². The molecule has 0 radical (unpaired) electrons. The Morgan fingerprint density at radius 1 is 1.17 bits per heavy atom. The lowest BCUT2D eigenvalue weighted by Gasteiger charge is -2.37. The van der Waals surface area contributed by atoms with Crippen molar-refractivity contribution in [2.45, 2.75) is 32.4 Å². The van der Waals surface area contributed by atoms with Crippen molar-refractivity contribution in [3.05, 3.63) is 78.2 Å². The third kappa shape index (κ3) is 5.71. The summed E-state index contributed by atoms with van der Waals surface area (Å²) in [5, 5.41) is 9.86. The maximum Gasteiger partial charge on any atom is 0.259 e. The van der Waals surface area contributed by atoms with Gasteiger partial charge in [0.15, 0.2) is 0 Å². The first-order valence-electron chi connectivity index (χ1n) is 12.1. The molecule has 4 rings (SSSR count). The zero-order chi connectivity index (χ0) is 25.7. The fourth-order valence-corrected chi connectivity index (χ4v) is 4.27. The van der Waals surface area contributed by atoms with Crippen LogP contribution in [-0.4, -0.2) is 75.6 Å². The van der Waals surface area contributed by atoms with Crippen LogP contribution in [0.2, 0.25) is 0 Å². The van der Waals surface area contributed by atoms with Crippen LogP contribution in [0.5, 0.6) is 5.88 Å². The topological polar surface area (TPSA) is 95.9 Å². The Balaban J connectivity index is 1.62. The van der Waals surface area contributed by atoms with E-state index in [0.717, 1.165) is 11.1 Å². The van der Waals surface area contributed by atoms with Crippen molar-refractivity contribution in [1.29, 1.82) is 0 Å². The highest BCUT2D eigenvalue weighted by Gasteiger charge is 2.34. The molecule has 3 heterocycles. The van der Waals surface area contributed by atoms with Gasteiger partial charge < -0.3 is 19.6 Å². The SMILES string of the molecule is C[C@@H]1CN([C@@H](C)CO)C(=O)c2cc(-c3ccccc3)cnc2O[C@H]1CN(C)C(=O)Cc1ccccn1. The fourth-order valence-electron chi connectivity index (χ4n) is 4.27. The van der Waals surface area contributed by atoms with E-state index in [4.69, 9.17) is 4.74 Å². The van der Waals surface area contributed by atoms with Crippen LogP contribution in [0, 0.1) is 5.92 Å². The van der Waals surface area contributed by atoms with Gasteiger partial charge >= 0.3 is 0 Å². The molecule has 0 saturated carbocycles. The lowest BCUT2D eigenvalue weighted by Crippen LogP contribution is -2.50. The second-order valence-electron chi connectivity index (χ2n) is 9.34. The Morgan fingerprint density at radius 2 is 1.92 bits per heavy atom. The normalized spacial score (nSPS) is 18.4. The van der Waals surface area contributed by atoms with Gasteiger partial charge in [-0.3, -0.25) is 14.6 Å². The Hall–Kier alpha value is -3.78. The van der Waals surface area contributed by atoms with Crippen molar-refractivity contribution in [2.75, 3.05) is 26.7 Å². The minimum Gasteiger partial charge on any atom is -0.472 e. The van der Waals surface area contributed by atoms with Crippen molar-refractivity contribution in [3.8, 4) is 17.0 Å². The van der Waals surface area contributed by atoms with Gasteiger partial charge in [-0.2, -0.15) is 0 Å². The summed E-state index contributed by atoms with van der Waals surface area (Å²) in [6.45, 7) is 4.34. The minimum atomic E-state index is -0.405. The Morgan fingerprint density at radius 3 is 2.61 bits per heavy atom. The number of hydrogen-bond acceptors (Lipinski definition) is 6. The number of benzene rings is 1. The molecule has 0 fully saturated rings. The molecule has 36 heavy (non-hydrogen) atoms. The number of aromatic nitrogens is 2. The summed E-state index contributed by atoms with van der Waals surface area (Å²) < 4.78 is 6.31. The van der Waals surface area contributed by atoms with E-state index < -0.39 is 6.10 Å². The van der Waals surface area contributed by atoms with E-state index in [1.807, 2.05) is 62.4 Å². The summed E-state index contributed by atoms with van der Waals surface area (Å²) in [5.74, 6) is -0.189. The van der Waals surface area contributed by atoms with Crippen LogP contribution in [-0.2, 0) is 11.2 Å². The molecule has 1 N–H and O–H groups in total. The number of aliphatic hydroxyl groups is 1. The van der Waals surface area contributed by atoms with Crippen LogP contribution < -0.4 is 4.74 Å². The predicted octanol–water partition coefficient (Wildman–Crippen LogP) is 3.06. The van der Waals surface area contributed by atoms with E-state index in [1.165, 1.54) is 0 Å². The van der Waals surface area contributed by atoms with Crippen molar-refractivity contribution in [2.24, 2.45) is 5.92 Å². The van der Waals surface area contributed by atoms with E-state index in [-0.39, 0.29) is 42.7 Å². The third-order valence-electron chi connectivity index (χ3n) is 6.57. The molecule has 0 bridgehead atoms. The van der Waals surface area contributed by atoms with E-state index >= 15 is 0 Å². The summed E-state index contributed by atoms with van der Waals surface area (Å²) in [6, 6.07) is 16.6. The molecule has 2 aromatic heterocycles. The first-order valence-corrected chi connectivity index (χ1v) is 12.1. The van der Waals surface area contributed by atoms with E-state index in [1.54, 1.807) is 35.3 Å². The van der Waals surface area contributed by atoms with Crippen LogP contribution >= 0.6 is 0 Å². The average molecular weight is 489 g/mol. The first-order chi connectivity index (χ1) is 17.4. The fraction of sp³-hybridized carbons (Fsp3) is 0.357. The molecular formula is C28H32N4O4. The molecule has 188 valence electrons. The summed E-state index contributed by atoms with van der Waals surface area (Å²) in [6.07, 6.45) is 3.15. The number of fused-ring (bicyclic) bond motifs is 1. The number of nitrogens with zero attached hydrogens (tertiary/aromatic N) is 4. The lowest BCUT2D eigenvalue weighted by molar-refractivity contribution is -0.130. The van der Waals surface area contributed by atoms with Crippen molar-refractivity contribution in [3.63, 3.8) is 0 Å². The van der Waals surface area contributed by atoms with Gasteiger partial charge in [0.2, 0.25) is 11.8 Å². The molecule has 8 nitrogen and oxygen atoms in total. The van der Waals surface area contributed by atoms with Gasteiger partial charge in [0.05, 0.1) is 25.6 Å². The number of amides is 2. The largest absolute Gasteiger partial charge is 0.472 e. The minimum absolute atomic E-state index is 0.0733. The molecule has 1 aliphatic rings. The molecule has 2 amide bonds. The van der Waals surface area contributed by atoms with Crippen LogP contribution in [0.1, 0.15) is 29.9 Å². The molecule has 0 unspecified atom stereocenters. The van der Waals surface area contributed by atoms with E-state index in [9.17, 15) is 14.7 Å². The summed E-state index contributed by atoms with van der Waals surface area (Å²) in [7, 11) is 1.74. The number of ether oxygens (including phenoxy) is 1. The number of rotatable bonds is 7. The third-order valence-corrected chi connectivity index (χ3v) is 6.57. The summed E-state index contributed by atoms with van der Waals surface area (Å²) in [5.41, 5.74) is 2.79. The van der Waals surface area contributed by atoms with Crippen molar-refractivity contribution in [1.82, 2.24) is 19.8 Å². The van der Waals surface area contributed by atoms with Crippen molar-refractivity contribution >= 4 is 11.8 Å². The number of likely N-dealkylation sites (N-methyl/N-ethyl adjacent to an activating group) is 1. The quantitative estimate of drug-likeness (QED) is 0.549. The Labute approximate surface area is 211 Å². The molecule has 0 spiro atoms. The van der Waals surface area contributed by atoms with Crippen LogP contribution in [0.15, 0.2) is 67.0 Å². The van der Waals surface area contributed by atoms with Crippen LogP contribution in [0.3, 0.4) is 0 Å². The van der Waals surface area contributed by atoms with Crippen molar-refractivity contribution < 1.29 is 19.4 Å². The van der Waals surface area contributed by atoms with E-state index in [2.05, 4.69) is 9.97 Å². The predicted molar refractivity (Wildman–Crippen MR) is 136 cm³/mol. The summed E-state index contributed by atoms with van der Waals surface area (Å²) in [4.78, 5) is 38.5. The molecule has 0 saturated heterocycles. The lowest BCUT2D eigenvalue weighted by atomic mass is 9.99. The molecule has 3 atom stereocenters. The monoisotopic (exact) mass is 488 g/mol. The molecule has 0 aliphatic carbocycles. The van der Waals surface area contributed by atoms with Gasteiger partial charge in [-0.05, 0) is 30.7 Å². The number of hydrogen-bond donors (Lipinski definition) is 1. The number of carbonyl (C=O) groups excluding carboxylic acids is 2. The van der Waals surface area contributed by atoms with Gasteiger partial charge in [0.25, 0.3) is 5.91 Å². The summed E-state index contributed by atoms with van der Waals surface area (Å²) >= 11 is 0. The number of aliphatic hydroxyl groups excluding tert-OH is 1. The van der Waals surface area contributed by atoms with Gasteiger partial charge in [0, 0.05) is 43.2 Å². The Bertz CT molecular complexity index is 1190. The first kappa shape index (κ1) is 25.3. The highest BCUT2D eigenvalue weighted by atomic mass is 16.5. The standard InChI is InChI=1S/C28H32N4O4/c1-19-16-32(20(2)18-33)28(35)24-13-22(21-9-5-4-6-10-21)15-30-27(24)36-25(19)17-31(3)26(34)14-23-11-7-8-12-29-23/h4-13,15,19-20,25,33H,14,16-18H2,1-3H3/t19-,20+,25+/m1/s1. The molecule has 1 aliphatic heterocycles. The van der Waals surface area contributed by atoms with Gasteiger partial charge in [-0.15, -0.1) is 0 Å². The van der Waals surface area contributed by atoms with Gasteiger partial charge in [-0.25, -0.2) is 4.98 Å². The smallest absolute Gasteiger partial charge is 0.259 e. The molecular weight excluding hydrogens is 456 g/mol. The van der Waals surface area contributed by atoms with Crippen LogP contribution in [0.4, 0.5) is 0 Å². The molecule has 3 aromatic rings. The average Bonchev–Trinajstić information content (AvgIpc) is 2.91. The highest BCUT2D eigenvalue weighted by Crippen LogP contribution is 2.30. The van der Waals surface area contributed by atoms with Gasteiger partial charge in [-0.1, -0.05) is 43.3 Å². The maximum absolute atomic E-state index is 13.6. The number of pyridine rings is 2.